The Hall–Kier alpha value is -2.85. The third-order valence-electron chi connectivity index (χ3n) is 4.51. The minimum Gasteiger partial charge on any atom is -0.490 e. The van der Waals surface area contributed by atoms with Gasteiger partial charge in [-0.15, -0.1) is 0 Å². The Labute approximate surface area is 203 Å². The average molecular weight is 537 g/mol. The van der Waals surface area contributed by atoms with Gasteiger partial charge in [0.15, 0.2) is 16.3 Å². The zero-order valence-electron chi connectivity index (χ0n) is 18.8. The summed E-state index contributed by atoms with van der Waals surface area (Å²) in [6, 6.07) is 8.83. The van der Waals surface area contributed by atoms with Crippen LogP contribution in [0.5, 0.6) is 17.2 Å². The van der Waals surface area contributed by atoms with Gasteiger partial charge < -0.3 is 23.5 Å². The smallest absolute Gasteiger partial charge is 0.325 e. The van der Waals surface area contributed by atoms with Gasteiger partial charge in [-0.25, -0.2) is 0 Å². The van der Waals surface area contributed by atoms with Crippen LogP contribution in [0.25, 0.3) is 10.2 Å². The van der Waals surface area contributed by atoms with Gasteiger partial charge in [0.05, 0.1) is 37.1 Å². The number of carbonyl (C=O) groups is 2. The Morgan fingerprint density at radius 1 is 1.00 bits per heavy atom. The Balaban J connectivity index is 2.14. The average Bonchev–Trinajstić information content (AvgIpc) is 3.11. The van der Waals surface area contributed by atoms with Crippen LogP contribution in [0.1, 0.15) is 31.1 Å². The molecule has 0 unspecified atom stereocenters. The molecule has 0 saturated heterocycles. The summed E-state index contributed by atoms with van der Waals surface area (Å²) in [4.78, 5) is 29.9. The van der Waals surface area contributed by atoms with Gasteiger partial charge in [0.1, 0.15) is 6.54 Å². The molecule has 0 aliphatic carbocycles. The van der Waals surface area contributed by atoms with E-state index in [1.165, 1.54) is 18.4 Å². The van der Waals surface area contributed by atoms with E-state index in [0.29, 0.717) is 41.9 Å². The lowest BCUT2D eigenvalue weighted by atomic mass is 10.1. The summed E-state index contributed by atoms with van der Waals surface area (Å²) in [5.41, 5.74) is 1.06. The maximum atomic E-state index is 13.2. The molecule has 0 saturated carbocycles. The number of aromatic nitrogens is 1. The van der Waals surface area contributed by atoms with E-state index in [-0.39, 0.29) is 12.1 Å². The third kappa shape index (κ3) is 5.75. The molecule has 0 atom stereocenters. The molecule has 0 N–H and O–H groups in total. The predicted molar refractivity (Wildman–Crippen MR) is 129 cm³/mol. The topological polar surface area (TPSA) is 88.4 Å². The van der Waals surface area contributed by atoms with Gasteiger partial charge in [-0.3, -0.25) is 9.59 Å². The van der Waals surface area contributed by atoms with E-state index in [1.807, 2.05) is 39.0 Å². The zero-order valence-corrected chi connectivity index (χ0v) is 21.2. The number of amides is 1. The van der Waals surface area contributed by atoms with E-state index < -0.39 is 11.9 Å². The largest absolute Gasteiger partial charge is 0.490 e. The van der Waals surface area contributed by atoms with Crippen molar-refractivity contribution in [3.8, 4) is 17.2 Å². The summed E-state index contributed by atoms with van der Waals surface area (Å²) >= 11 is 4.76. The van der Waals surface area contributed by atoms with Crippen molar-refractivity contribution in [2.24, 2.45) is 4.99 Å². The Morgan fingerprint density at radius 2 is 1.64 bits per heavy atom. The molecule has 0 fully saturated rings. The van der Waals surface area contributed by atoms with Crippen LogP contribution in [0.15, 0.2) is 39.8 Å². The molecule has 33 heavy (non-hydrogen) atoms. The summed E-state index contributed by atoms with van der Waals surface area (Å²) in [5.74, 6) is 0.331. The highest BCUT2D eigenvalue weighted by Crippen LogP contribution is 2.39. The summed E-state index contributed by atoms with van der Waals surface area (Å²) in [6.07, 6.45) is 0. The van der Waals surface area contributed by atoms with Crippen LogP contribution in [0, 0.1) is 0 Å². The summed E-state index contributed by atoms with van der Waals surface area (Å²) in [7, 11) is 1.32. The molecule has 0 aliphatic heterocycles. The van der Waals surface area contributed by atoms with Crippen molar-refractivity contribution in [1.82, 2.24) is 4.57 Å². The van der Waals surface area contributed by atoms with Crippen molar-refractivity contribution in [3.05, 3.63) is 45.2 Å². The Bertz CT molecular complexity index is 1210. The maximum absolute atomic E-state index is 13.2. The van der Waals surface area contributed by atoms with Crippen LogP contribution < -0.4 is 19.0 Å². The molecule has 0 radical (unpaired) electrons. The first-order valence-electron chi connectivity index (χ1n) is 10.4. The number of hydrogen-bond acceptors (Lipinski definition) is 7. The lowest BCUT2D eigenvalue weighted by molar-refractivity contribution is -0.141. The van der Waals surface area contributed by atoms with Gasteiger partial charge in [0.25, 0.3) is 5.91 Å². The van der Waals surface area contributed by atoms with Gasteiger partial charge >= 0.3 is 5.97 Å². The molecular formula is C23H25BrN2O6S. The first kappa shape index (κ1) is 24.8. The van der Waals surface area contributed by atoms with Crippen LogP contribution >= 0.6 is 27.3 Å². The van der Waals surface area contributed by atoms with Gasteiger partial charge in [0, 0.05) is 10.0 Å². The van der Waals surface area contributed by atoms with Gasteiger partial charge in [-0.1, -0.05) is 27.3 Å². The normalized spacial score (nSPS) is 11.5. The number of hydrogen-bond donors (Lipinski definition) is 0. The van der Waals surface area contributed by atoms with Crippen molar-refractivity contribution in [2.75, 3.05) is 26.9 Å². The molecule has 1 aromatic heterocycles. The molecule has 2 aromatic carbocycles. The van der Waals surface area contributed by atoms with Crippen LogP contribution in [0.3, 0.4) is 0 Å². The van der Waals surface area contributed by atoms with Crippen LogP contribution in [-0.4, -0.2) is 43.4 Å². The molecule has 3 aromatic rings. The molecule has 0 aliphatic rings. The number of benzene rings is 2. The summed E-state index contributed by atoms with van der Waals surface area (Å²) in [6.45, 7) is 6.69. The highest BCUT2D eigenvalue weighted by Gasteiger charge is 2.19. The molecule has 10 heteroatoms. The number of halogens is 1. The molecular weight excluding hydrogens is 512 g/mol. The molecule has 0 spiro atoms. The molecule has 0 bridgehead atoms. The van der Waals surface area contributed by atoms with Crippen molar-refractivity contribution in [2.45, 2.75) is 27.3 Å². The van der Waals surface area contributed by atoms with E-state index in [0.717, 1.165) is 14.7 Å². The first-order chi connectivity index (χ1) is 15.9. The number of rotatable bonds is 9. The Kier molecular flexibility index (Phi) is 8.51. The van der Waals surface area contributed by atoms with E-state index in [4.69, 9.17) is 18.9 Å². The van der Waals surface area contributed by atoms with Crippen LogP contribution in [0.4, 0.5) is 0 Å². The summed E-state index contributed by atoms with van der Waals surface area (Å²) < 4.78 is 25.3. The quantitative estimate of drug-likeness (QED) is 0.372. The van der Waals surface area contributed by atoms with Crippen molar-refractivity contribution in [3.63, 3.8) is 0 Å². The number of nitrogens with zero attached hydrogens (tertiary/aromatic N) is 2. The highest BCUT2D eigenvalue weighted by molar-refractivity contribution is 9.10. The van der Waals surface area contributed by atoms with Crippen molar-refractivity contribution >= 4 is 49.4 Å². The minimum atomic E-state index is -0.496. The van der Waals surface area contributed by atoms with Gasteiger partial charge in [-0.2, -0.15) is 4.99 Å². The number of fused-ring (bicyclic) bond motifs is 1. The molecule has 176 valence electrons. The lowest BCUT2D eigenvalue weighted by Gasteiger charge is -2.16. The summed E-state index contributed by atoms with van der Waals surface area (Å²) in [5, 5.41) is 0. The van der Waals surface area contributed by atoms with E-state index >= 15 is 0 Å². The second-order valence-electron chi connectivity index (χ2n) is 6.68. The molecule has 3 rings (SSSR count). The standard InChI is InChI=1S/C23H25BrN2O6S/c1-5-30-17-10-14(11-18(31-6-2)21(17)32-7-3)22(28)25-23-26(13-20(27)29-4)16-9-8-15(24)12-19(16)33-23/h8-12H,5-7,13H2,1-4H3. The molecule has 8 nitrogen and oxygen atoms in total. The van der Waals surface area contributed by atoms with Gasteiger partial charge in [0.2, 0.25) is 5.75 Å². The zero-order chi connectivity index (χ0) is 24.0. The molecule has 1 heterocycles. The van der Waals surface area contributed by atoms with E-state index in [1.54, 1.807) is 16.7 Å². The Morgan fingerprint density at radius 3 is 2.21 bits per heavy atom. The predicted octanol–water partition coefficient (Wildman–Crippen LogP) is 4.58. The third-order valence-corrected chi connectivity index (χ3v) is 6.05. The second kappa shape index (κ2) is 11.3. The first-order valence-corrected chi connectivity index (χ1v) is 12.0. The minimum absolute atomic E-state index is 0.0675. The SMILES string of the molecule is CCOc1cc(C(=O)N=c2sc3cc(Br)ccc3n2CC(=O)OC)cc(OCC)c1OCC. The lowest BCUT2D eigenvalue weighted by Crippen LogP contribution is -2.22. The fraction of sp³-hybridized carbons (Fsp3) is 0.348. The molecule has 1 amide bonds. The number of ether oxygens (including phenoxy) is 4. The maximum Gasteiger partial charge on any atom is 0.325 e. The van der Waals surface area contributed by atoms with Crippen molar-refractivity contribution in [1.29, 1.82) is 0 Å². The fourth-order valence-electron chi connectivity index (χ4n) is 3.14. The van der Waals surface area contributed by atoms with Crippen LogP contribution in [0.2, 0.25) is 0 Å². The number of thiazole rings is 1. The number of methoxy groups -OCH3 is 1. The van der Waals surface area contributed by atoms with E-state index in [2.05, 4.69) is 20.9 Å². The van der Waals surface area contributed by atoms with Crippen molar-refractivity contribution < 1.29 is 28.5 Å². The number of esters is 1. The monoisotopic (exact) mass is 536 g/mol. The van der Waals surface area contributed by atoms with E-state index in [9.17, 15) is 9.59 Å². The van der Waals surface area contributed by atoms with Crippen LogP contribution in [-0.2, 0) is 16.1 Å². The number of carbonyl (C=O) groups excluding carboxylic acids is 2. The highest BCUT2D eigenvalue weighted by atomic mass is 79.9. The second-order valence-corrected chi connectivity index (χ2v) is 8.60. The fourth-order valence-corrected chi connectivity index (χ4v) is 4.72. The van der Waals surface area contributed by atoms with Gasteiger partial charge in [-0.05, 0) is 51.1 Å².